The first-order valence-corrected chi connectivity index (χ1v) is 8.92. The van der Waals surface area contributed by atoms with Crippen molar-refractivity contribution in [1.29, 1.82) is 0 Å². The number of carbonyl (C=O) groups is 1. The monoisotopic (exact) mass is 472 g/mol. The highest BCUT2D eigenvalue weighted by atomic mass is 127. The van der Waals surface area contributed by atoms with Crippen molar-refractivity contribution < 1.29 is 4.79 Å². The van der Waals surface area contributed by atoms with Gasteiger partial charge >= 0.3 is 0 Å². The maximum Gasteiger partial charge on any atom is 0.261 e. The SMILES string of the molecule is CN=C(NCCCNC(=O)c1cccs1)NC(C)c1ccccc1.I. The standard InChI is InChI=1S/C18H24N4OS.HI/c1-14(15-8-4-3-5-9-15)22-18(19-2)21-12-7-11-20-17(23)16-10-6-13-24-16;/h3-6,8-10,13-14H,7,11-12H2,1-2H3,(H,20,23)(H2,19,21,22);1H. The Morgan fingerprint density at radius 1 is 1.12 bits per heavy atom. The fourth-order valence-electron chi connectivity index (χ4n) is 2.22. The number of rotatable bonds is 7. The molecule has 2 aromatic rings. The van der Waals surface area contributed by atoms with Gasteiger partial charge in [0, 0.05) is 20.1 Å². The molecular weight excluding hydrogens is 447 g/mol. The third-order valence-corrected chi connectivity index (χ3v) is 4.42. The second-order valence-corrected chi connectivity index (χ2v) is 6.31. The van der Waals surface area contributed by atoms with Crippen LogP contribution >= 0.6 is 35.3 Å². The van der Waals surface area contributed by atoms with E-state index in [4.69, 9.17) is 0 Å². The first-order chi connectivity index (χ1) is 11.7. The number of amides is 1. The number of hydrogen-bond acceptors (Lipinski definition) is 3. The first kappa shape index (κ1) is 21.4. The van der Waals surface area contributed by atoms with Crippen molar-refractivity contribution in [3.8, 4) is 0 Å². The van der Waals surface area contributed by atoms with Gasteiger partial charge in [0.1, 0.15) is 0 Å². The highest BCUT2D eigenvalue weighted by Crippen LogP contribution is 2.10. The van der Waals surface area contributed by atoms with Crippen LogP contribution in [0.25, 0.3) is 0 Å². The Kier molecular flexibility index (Phi) is 10.2. The van der Waals surface area contributed by atoms with Gasteiger partial charge in [0.05, 0.1) is 10.9 Å². The maximum absolute atomic E-state index is 11.8. The highest BCUT2D eigenvalue weighted by molar-refractivity contribution is 14.0. The van der Waals surface area contributed by atoms with Gasteiger partial charge in [0.25, 0.3) is 5.91 Å². The van der Waals surface area contributed by atoms with E-state index in [1.165, 1.54) is 16.9 Å². The third kappa shape index (κ3) is 7.43. The van der Waals surface area contributed by atoms with E-state index in [1.807, 2.05) is 35.7 Å². The molecule has 0 spiro atoms. The van der Waals surface area contributed by atoms with Crippen molar-refractivity contribution in [3.05, 3.63) is 58.3 Å². The zero-order valence-corrected chi connectivity index (χ0v) is 17.6. The predicted octanol–water partition coefficient (Wildman–Crippen LogP) is 3.41. The van der Waals surface area contributed by atoms with Crippen LogP contribution in [0, 0.1) is 0 Å². The van der Waals surface area contributed by atoms with E-state index in [9.17, 15) is 4.79 Å². The van der Waals surface area contributed by atoms with Crippen molar-refractivity contribution >= 4 is 47.2 Å². The van der Waals surface area contributed by atoms with Crippen LogP contribution in [-0.2, 0) is 0 Å². The summed E-state index contributed by atoms with van der Waals surface area (Å²) in [6, 6.07) is 14.1. The minimum absolute atomic E-state index is 0. The largest absolute Gasteiger partial charge is 0.356 e. The molecule has 1 aromatic heterocycles. The Bertz CT molecular complexity index is 646. The van der Waals surface area contributed by atoms with Gasteiger partial charge in [-0.3, -0.25) is 9.79 Å². The number of guanidine groups is 1. The van der Waals surface area contributed by atoms with E-state index in [1.54, 1.807) is 7.05 Å². The molecule has 1 atom stereocenters. The third-order valence-electron chi connectivity index (χ3n) is 3.55. The fourth-order valence-corrected chi connectivity index (χ4v) is 2.86. The second kappa shape index (κ2) is 11.9. The Balaban J connectivity index is 0.00000312. The molecule has 3 N–H and O–H groups in total. The molecule has 1 amide bonds. The molecule has 0 radical (unpaired) electrons. The molecule has 0 bridgehead atoms. The van der Waals surface area contributed by atoms with E-state index in [0.717, 1.165) is 23.8 Å². The summed E-state index contributed by atoms with van der Waals surface area (Å²) in [5.74, 6) is 0.751. The number of thiophene rings is 1. The fraction of sp³-hybridized carbons (Fsp3) is 0.333. The quantitative estimate of drug-likeness (QED) is 0.251. The molecule has 0 fully saturated rings. The molecule has 0 aliphatic carbocycles. The van der Waals surface area contributed by atoms with Crippen LogP contribution in [0.3, 0.4) is 0 Å². The molecule has 0 aliphatic rings. The van der Waals surface area contributed by atoms with Crippen molar-refractivity contribution in [3.63, 3.8) is 0 Å². The van der Waals surface area contributed by atoms with E-state index < -0.39 is 0 Å². The molecule has 136 valence electrons. The molecule has 0 aliphatic heterocycles. The average Bonchev–Trinajstić information content (AvgIpc) is 3.15. The van der Waals surface area contributed by atoms with E-state index in [-0.39, 0.29) is 35.9 Å². The molecule has 7 heteroatoms. The van der Waals surface area contributed by atoms with Crippen molar-refractivity contribution in [2.45, 2.75) is 19.4 Å². The number of nitrogens with one attached hydrogen (secondary N) is 3. The van der Waals surface area contributed by atoms with Gasteiger partial charge in [-0.25, -0.2) is 0 Å². The normalized spacial score (nSPS) is 12.0. The smallest absolute Gasteiger partial charge is 0.261 e. The van der Waals surface area contributed by atoms with Gasteiger partial charge in [0.15, 0.2) is 5.96 Å². The molecule has 1 aromatic carbocycles. The number of halogens is 1. The molecular formula is C18H25IN4OS. The van der Waals surface area contributed by atoms with Crippen molar-refractivity contribution in [2.24, 2.45) is 4.99 Å². The number of aliphatic imine (C=N–C) groups is 1. The van der Waals surface area contributed by atoms with Gasteiger partial charge < -0.3 is 16.0 Å². The lowest BCUT2D eigenvalue weighted by molar-refractivity contribution is 0.0957. The number of nitrogens with zero attached hydrogens (tertiary/aromatic N) is 1. The van der Waals surface area contributed by atoms with Gasteiger partial charge in [-0.05, 0) is 30.4 Å². The topological polar surface area (TPSA) is 65.5 Å². The lowest BCUT2D eigenvalue weighted by Gasteiger charge is -2.18. The summed E-state index contributed by atoms with van der Waals surface area (Å²) in [5.41, 5.74) is 1.21. The van der Waals surface area contributed by atoms with Crippen LogP contribution in [0.15, 0.2) is 52.8 Å². The summed E-state index contributed by atoms with van der Waals surface area (Å²) in [5, 5.41) is 11.4. The summed E-state index contributed by atoms with van der Waals surface area (Å²) >= 11 is 1.45. The second-order valence-electron chi connectivity index (χ2n) is 5.36. The lowest BCUT2D eigenvalue weighted by atomic mass is 10.1. The van der Waals surface area contributed by atoms with Gasteiger partial charge in [-0.15, -0.1) is 35.3 Å². The zero-order valence-electron chi connectivity index (χ0n) is 14.5. The first-order valence-electron chi connectivity index (χ1n) is 8.04. The Labute approximate surface area is 170 Å². The number of carbonyl (C=O) groups excluding carboxylic acids is 1. The summed E-state index contributed by atoms with van der Waals surface area (Å²) in [6.07, 6.45) is 0.831. The molecule has 0 saturated carbocycles. The Morgan fingerprint density at radius 2 is 1.84 bits per heavy atom. The van der Waals surface area contributed by atoms with Gasteiger partial charge in [-0.2, -0.15) is 0 Å². The number of hydrogen-bond donors (Lipinski definition) is 3. The number of benzene rings is 1. The summed E-state index contributed by atoms with van der Waals surface area (Å²) < 4.78 is 0. The molecule has 0 saturated heterocycles. The minimum Gasteiger partial charge on any atom is -0.356 e. The molecule has 2 rings (SSSR count). The van der Waals surface area contributed by atoms with Crippen LogP contribution < -0.4 is 16.0 Å². The van der Waals surface area contributed by atoms with Crippen LogP contribution in [0.2, 0.25) is 0 Å². The van der Waals surface area contributed by atoms with E-state index in [2.05, 4.69) is 40.0 Å². The van der Waals surface area contributed by atoms with Crippen LogP contribution in [-0.4, -0.2) is 32.0 Å². The van der Waals surface area contributed by atoms with E-state index >= 15 is 0 Å². The average molecular weight is 472 g/mol. The summed E-state index contributed by atoms with van der Waals surface area (Å²) in [7, 11) is 1.76. The summed E-state index contributed by atoms with van der Waals surface area (Å²) in [6.45, 7) is 3.48. The van der Waals surface area contributed by atoms with Gasteiger partial charge in [-0.1, -0.05) is 36.4 Å². The molecule has 25 heavy (non-hydrogen) atoms. The lowest BCUT2D eigenvalue weighted by Crippen LogP contribution is -2.39. The predicted molar refractivity (Wildman–Crippen MR) is 116 cm³/mol. The Hall–Kier alpha value is -1.61. The van der Waals surface area contributed by atoms with Crippen molar-refractivity contribution in [2.75, 3.05) is 20.1 Å². The minimum atomic E-state index is -0.00907. The van der Waals surface area contributed by atoms with Crippen LogP contribution in [0.4, 0.5) is 0 Å². The molecule has 5 nitrogen and oxygen atoms in total. The summed E-state index contributed by atoms with van der Waals surface area (Å²) in [4.78, 5) is 16.8. The van der Waals surface area contributed by atoms with Crippen molar-refractivity contribution in [1.82, 2.24) is 16.0 Å². The van der Waals surface area contributed by atoms with Crippen LogP contribution in [0.1, 0.15) is 34.6 Å². The molecule has 1 heterocycles. The van der Waals surface area contributed by atoms with Gasteiger partial charge in [0.2, 0.25) is 0 Å². The highest BCUT2D eigenvalue weighted by Gasteiger charge is 2.07. The Morgan fingerprint density at radius 3 is 2.48 bits per heavy atom. The van der Waals surface area contributed by atoms with E-state index in [0.29, 0.717) is 6.54 Å². The molecule has 1 unspecified atom stereocenters. The maximum atomic E-state index is 11.8. The van der Waals surface area contributed by atoms with Crippen LogP contribution in [0.5, 0.6) is 0 Å². The zero-order chi connectivity index (χ0) is 17.2.